The zero-order valence-corrected chi connectivity index (χ0v) is 14.2. The van der Waals surface area contributed by atoms with Crippen molar-refractivity contribution in [3.63, 3.8) is 0 Å². The van der Waals surface area contributed by atoms with Gasteiger partial charge >= 0.3 is 0 Å². The summed E-state index contributed by atoms with van der Waals surface area (Å²) >= 11 is 0. The molecule has 0 radical (unpaired) electrons. The Morgan fingerprint density at radius 1 is 1.08 bits per heavy atom. The lowest BCUT2D eigenvalue weighted by Crippen LogP contribution is -2.42. The molecule has 0 aromatic heterocycles. The number of hydrogen-bond donors (Lipinski definition) is 2. The third kappa shape index (κ3) is 4.45. The molecule has 2 aromatic rings. The van der Waals surface area contributed by atoms with Gasteiger partial charge in [-0.05, 0) is 36.1 Å². The molecular formula is C20H23N3O2. The van der Waals surface area contributed by atoms with Crippen molar-refractivity contribution in [1.82, 2.24) is 5.32 Å². The van der Waals surface area contributed by atoms with Gasteiger partial charge in [0.15, 0.2) is 0 Å². The number of nitrogens with zero attached hydrogens (tertiary/aromatic N) is 1. The Morgan fingerprint density at radius 2 is 1.80 bits per heavy atom. The van der Waals surface area contributed by atoms with E-state index >= 15 is 0 Å². The number of hydrogen-bond acceptors (Lipinski definition) is 3. The first-order valence-corrected chi connectivity index (χ1v) is 8.59. The van der Waals surface area contributed by atoms with Crippen LogP contribution in [0.2, 0.25) is 0 Å². The van der Waals surface area contributed by atoms with Crippen LogP contribution < -0.4 is 16.0 Å². The van der Waals surface area contributed by atoms with Crippen molar-refractivity contribution < 1.29 is 9.59 Å². The number of nitrogens with one attached hydrogen (secondary N) is 1. The molecule has 3 N–H and O–H groups in total. The van der Waals surface area contributed by atoms with E-state index in [9.17, 15) is 9.59 Å². The van der Waals surface area contributed by atoms with Crippen LogP contribution in [0.25, 0.3) is 0 Å². The van der Waals surface area contributed by atoms with E-state index in [-0.39, 0.29) is 11.8 Å². The molecule has 2 aromatic carbocycles. The SMILES string of the molecule is NC(=O)[C@H](Cc1ccccc1)NCc1ccc(N2CCCC2=O)cc1. The van der Waals surface area contributed by atoms with Crippen LogP contribution in [0.3, 0.4) is 0 Å². The van der Waals surface area contributed by atoms with Crippen molar-refractivity contribution in [3.8, 4) is 0 Å². The molecule has 5 heteroatoms. The minimum atomic E-state index is -0.415. The molecule has 25 heavy (non-hydrogen) atoms. The van der Waals surface area contributed by atoms with Crippen LogP contribution >= 0.6 is 0 Å². The average molecular weight is 337 g/mol. The summed E-state index contributed by atoms with van der Waals surface area (Å²) in [7, 11) is 0. The molecule has 0 spiro atoms. The van der Waals surface area contributed by atoms with Crippen molar-refractivity contribution in [1.29, 1.82) is 0 Å². The zero-order chi connectivity index (χ0) is 17.6. The summed E-state index contributed by atoms with van der Waals surface area (Å²) in [6.45, 7) is 1.34. The first-order chi connectivity index (χ1) is 12.1. The minimum absolute atomic E-state index is 0.183. The number of carbonyl (C=O) groups is 2. The summed E-state index contributed by atoms with van der Waals surface area (Å²) in [5, 5.41) is 3.23. The summed E-state index contributed by atoms with van der Waals surface area (Å²) in [6, 6.07) is 17.3. The summed E-state index contributed by atoms with van der Waals surface area (Å²) in [5.41, 5.74) is 8.58. The number of amides is 2. The molecule has 0 aliphatic carbocycles. The van der Waals surface area contributed by atoms with Crippen molar-refractivity contribution >= 4 is 17.5 Å². The van der Waals surface area contributed by atoms with Crippen LogP contribution in [-0.4, -0.2) is 24.4 Å². The van der Waals surface area contributed by atoms with Crippen LogP contribution in [0.5, 0.6) is 0 Å². The molecule has 1 aliphatic rings. The van der Waals surface area contributed by atoms with E-state index in [0.29, 0.717) is 19.4 Å². The smallest absolute Gasteiger partial charge is 0.234 e. The molecular weight excluding hydrogens is 314 g/mol. The largest absolute Gasteiger partial charge is 0.368 e. The molecule has 1 saturated heterocycles. The molecule has 1 aliphatic heterocycles. The third-order valence-corrected chi connectivity index (χ3v) is 4.50. The summed E-state index contributed by atoms with van der Waals surface area (Å²) < 4.78 is 0. The summed E-state index contributed by atoms with van der Waals surface area (Å²) in [6.07, 6.45) is 2.11. The topological polar surface area (TPSA) is 75.4 Å². The van der Waals surface area contributed by atoms with Gasteiger partial charge in [-0.3, -0.25) is 9.59 Å². The molecule has 5 nitrogen and oxygen atoms in total. The van der Waals surface area contributed by atoms with Crippen LogP contribution in [0.15, 0.2) is 54.6 Å². The Kier molecular flexibility index (Phi) is 5.46. The number of benzene rings is 2. The second-order valence-corrected chi connectivity index (χ2v) is 6.34. The highest BCUT2D eigenvalue weighted by Crippen LogP contribution is 2.21. The number of carbonyl (C=O) groups excluding carboxylic acids is 2. The quantitative estimate of drug-likeness (QED) is 0.811. The molecule has 3 rings (SSSR count). The molecule has 1 fully saturated rings. The van der Waals surface area contributed by atoms with Crippen molar-refractivity contribution in [2.45, 2.75) is 31.8 Å². The highest BCUT2D eigenvalue weighted by molar-refractivity contribution is 5.95. The maximum absolute atomic E-state index is 11.8. The molecule has 0 unspecified atom stereocenters. The van der Waals surface area contributed by atoms with E-state index < -0.39 is 6.04 Å². The summed E-state index contributed by atoms with van der Waals surface area (Å²) in [5.74, 6) is -0.175. The number of rotatable bonds is 7. The Morgan fingerprint density at radius 3 is 2.40 bits per heavy atom. The van der Waals surface area contributed by atoms with E-state index in [0.717, 1.165) is 29.8 Å². The normalized spacial score (nSPS) is 15.4. The Balaban J connectivity index is 1.59. The molecule has 130 valence electrons. The number of anilines is 1. The Bertz CT molecular complexity index is 728. The average Bonchev–Trinajstić information content (AvgIpc) is 3.06. The maximum atomic E-state index is 11.8. The Hall–Kier alpha value is -2.66. The highest BCUT2D eigenvalue weighted by atomic mass is 16.2. The molecule has 1 atom stereocenters. The first-order valence-electron chi connectivity index (χ1n) is 8.59. The lowest BCUT2D eigenvalue weighted by Gasteiger charge is -2.18. The van der Waals surface area contributed by atoms with E-state index in [1.54, 1.807) is 0 Å². The fraction of sp³-hybridized carbons (Fsp3) is 0.300. The molecule has 0 bridgehead atoms. The van der Waals surface area contributed by atoms with Gasteiger partial charge in [0.25, 0.3) is 0 Å². The molecule has 1 heterocycles. The van der Waals surface area contributed by atoms with Gasteiger partial charge in [-0.1, -0.05) is 42.5 Å². The molecule has 2 amide bonds. The molecule has 0 saturated carbocycles. The van der Waals surface area contributed by atoms with Crippen molar-refractivity contribution in [2.24, 2.45) is 5.73 Å². The van der Waals surface area contributed by atoms with Gasteiger partial charge in [0.05, 0.1) is 6.04 Å². The van der Waals surface area contributed by atoms with Crippen LogP contribution in [-0.2, 0) is 22.6 Å². The van der Waals surface area contributed by atoms with Crippen LogP contribution in [0, 0.1) is 0 Å². The predicted octanol–water partition coefficient (Wildman–Crippen LogP) is 2.00. The lowest BCUT2D eigenvalue weighted by atomic mass is 10.1. The third-order valence-electron chi connectivity index (χ3n) is 4.50. The fourth-order valence-corrected chi connectivity index (χ4v) is 3.08. The highest BCUT2D eigenvalue weighted by Gasteiger charge is 2.21. The van der Waals surface area contributed by atoms with E-state index in [4.69, 9.17) is 5.73 Å². The van der Waals surface area contributed by atoms with E-state index in [1.165, 1.54) is 0 Å². The number of nitrogens with two attached hydrogens (primary N) is 1. The van der Waals surface area contributed by atoms with Crippen molar-refractivity contribution in [3.05, 3.63) is 65.7 Å². The predicted molar refractivity (Wildman–Crippen MR) is 98.0 cm³/mol. The fourth-order valence-electron chi connectivity index (χ4n) is 3.08. The monoisotopic (exact) mass is 337 g/mol. The second kappa shape index (κ2) is 7.94. The maximum Gasteiger partial charge on any atom is 0.234 e. The van der Waals surface area contributed by atoms with Crippen LogP contribution in [0.4, 0.5) is 5.69 Å². The van der Waals surface area contributed by atoms with Gasteiger partial charge in [0.1, 0.15) is 0 Å². The van der Waals surface area contributed by atoms with Gasteiger partial charge in [0.2, 0.25) is 11.8 Å². The zero-order valence-electron chi connectivity index (χ0n) is 14.2. The Labute approximate surface area is 147 Å². The van der Waals surface area contributed by atoms with E-state index in [2.05, 4.69) is 5.32 Å². The standard InChI is InChI=1S/C20H23N3O2/c21-20(25)18(13-15-5-2-1-3-6-15)22-14-16-8-10-17(11-9-16)23-12-4-7-19(23)24/h1-3,5-6,8-11,18,22H,4,7,12-14H2,(H2,21,25)/t18-/m0/s1. The minimum Gasteiger partial charge on any atom is -0.368 e. The number of primary amides is 1. The van der Waals surface area contributed by atoms with Gasteiger partial charge in [0, 0.05) is 25.2 Å². The summed E-state index contributed by atoms with van der Waals surface area (Å²) in [4.78, 5) is 25.3. The second-order valence-electron chi connectivity index (χ2n) is 6.34. The van der Waals surface area contributed by atoms with Crippen LogP contribution in [0.1, 0.15) is 24.0 Å². The lowest BCUT2D eigenvalue weighted by molar-refractivity contribution is -0.120. The van der Waals surface area contributed by atoms with Gasteiger partial charge in [-0.25, -0.2) is 0 Å². The van der Waals surface area contributed by atoms with Gasteiger partial charge in [-0.2, -0.15) is 0 Å². The van der Waals surface area contributed by atoms with Gasteiger partial charge < -0.3 is 16.0 Å². The van der Waals surface area contributed by atoms with E-state index in [1.807, 2.05) is 59.5 Å². The van der Waals surface area contributed by atoms with Crippen molar-refractivity contribution in [2.75, 3.05) is 11.4 Å². The first kappa shape index (κ1) is 17.2. The van der Waals surface area contributed by atoms with Gasteiger partial charge in [-0.15, -0.1) is 0 Å².